The van der Waals surface area contributed by atoms with Gasteiger partial charge in [0.2, 0.25) is 0 Å². The van der Waals surface area contributed by atoms with Gasteiger partial charge >= 0.3 is 0 Å². The predicted octanol–water partition coefficient (Wildman–Crippen LogP) is -0.407. The van der Waals surface area contributed by atoms with E-state index in [2.05, 4.69) is 30.3 Å². The van der Waals surface area contributed by atoms with E-state index in [0.29, 0.717) is 5.82 Å². The average molecular weight is 285 g/mol. The number of tetrazole rings is 1. The fraction of sp³-hybridized carbons (Fsp3) is 0.556. The van der Waals surface area contributed by atoms with Gasteiger partial charge in [0, 0.05) is 12.7 Å². The van der Waals surface area contributed by atoms with E-state index in [9.17, 15) is 8.42 Å². The summed E-state index contributed by atoms with van der Waals surface area (Å²) in [6.45, 7) is 4.49. The van der Waals surface area contributed by atoms with Gasteiger partial charge in [-0.05, 0) is 13.3 Å². The molecule has 0 fully saturated rings. The van der Waals surface area contributed by atoms with Crippen LogP contribution in [0, 0.1) is 6.92 Å². The van der Waals surface area contributed by atoms with Crippen LogP contribution in [0.3, 0.4) is 0 Å². The number of nitrogens with one attached hydrogen (secondary N) is 2. The van der Waals surface area contributed by atoms with Crippen LogP contribution in [0.2, 0.25) is 0 Å². The SMILES string of the molecule is CCCn1cc(S(=O)(=O)NCc2nn[nH]n2)nc1C. The molecule has 0 aliphatic rings. The van der Waals surface area contributed by atoms with E-state index >= 15 is 0 Å². The van der Waals surface area contributed by atoms with Crippen molar-refractivity contribution in [3.05, 3.63) is 17.8 Å². The Labute approximate surface area is 110 Å². The molecule has 0 aromatic carbocycles. The first-order valence-electron chi connectivity index (χ1n) is 5.78. The molecule has 2 N–H and O–H groups in total. The van der Waals surface area contributed by atoms with Crippen molar-refractivity contribution in [3.8, 4) is 0 Å². The van der Waals surface area contributed by atoms with Gasteiger partial charge in [-0.15, -0.1) is 10.2 Å². The maximum absolute atomic E-state index is 12.0. The second kappa shape index (κ2) is 5.45. The maximum atomic E-state index is 12.0. The fourth-order valence-corrected chi connectivity index (χ4v) is 2.55. The molecule has 0 saturated carbocycles. The highest BCUT2D eigenvalue weighted by Crippen LogP contribution is 2.09. The predicted molar refractivity (Wildman–Crippen MR) is 65.5 cm³/mol. The molecule has 2 rings (SSSR count). The molecule has 19 heavy (non-hydrogen) atoms. The van der Waals surface area contributed by atoms with Crippen molar-refractivity contribution in [2.75, 3.05) is 0 Å². The first-order chi connectivity index (χ1) is 9.03. The van der Waals surface area contributed by atoms with Gasteiger partial charge in [-0.1, -0.05) is 12.1 Å². The molecule has 0 aliphatic heterocycles. The summed E-state index contributed by atoms with van der Waals surface area (Å²) in [4.78, 5) is 4.05. The summed E-state index contributed by atoms with van der Waals surface area (Å²) in [5.74, 6) is 0.940. The van der Waals surface area contributed by atoms with Crippen LogP contribution >= 0.6 is 0 Å². The van der Waals surface area contributed by atoms with Crippen molar-refractivity contribution >= 4 is 10.0 Å². The minimum absolute atomic E-state index is 0.00180. The molecule has 0 bridgehead atoms. The molecule has 0 aliphatic carbocycles. The van der Waals surface area contributed by atoms with E-state index in [1.54, 1.807) is 6.92 Å². The normalized spacial score (nSPS) is 11.9. The highest BCUT2D eigenvalue weighted by atomic mass is 32.2. The Morgan fingerprint density at radius 1 is 1.47 bits per heavy atom. The molecule has 0 atom stereocenters. The van der Waals surface area contributed by atoms with Crippen molar-refractivity contribution in [1.29, 1.82) is 0 Å². The van der Waals surface area contributed by atoms with E-state index in [0.717, 1.165) is 13.0 Å². The summed E-state index contributed by atoms with van der Waals surface area (Å²) >= 11 is 0. The minimum atomic E-state index is -3.66. The van der Waals surface area contributed by atoms with E-state index in [4.69, 9.17) is 0 Å². The van der Waals surface area contributed by atoms with Crippen LogP contribution in [0.4, 0.5) is 0 Å². The molecule has 0 spiro atoms. The lowest BCUT2D eigenvalue weighted by atomic mass is 10.5. The third kappa shape index (κ3) is 3.15. The molecule has 2 aromatic heterocycles. The lowest BCUT2D eigenvalue weighted by Gasteiger charge is -2.01. The molecule has 0 amide bonds. The highest BCUT2D eigenvalue weighted by Gasteiger charge is 2.19. The van der Waals surface area contributed by atoms with Gasteiger partial charge in [-0.3, -0.25) is 0 Å². The van der Waals surface area contributed by atoms with Gasteiger partial charge in [-0.25, -0.2) is 18.1 Å². The summed E-state index contributed by atoms with van der Waals surface area (Å²) in [6, 6.07) is 0. The molecule has 2 heterocycles. The number of nitrogens with zero attached hydrogens (tertiary/aromatic N) is 5. The third-order valence-corrected chi connectivity index (χ3v) is 3.78. The first-order valence-corrected chi connectivity index (χ1v) is 7.27. The van der Waals surface area contributed by atoms with Gasteiger partial charge in [0.05, 0.1) is 6.54 Å². The van der Waals surface area contributed by atoms with Crippen molar-refractivity contribution < 1.29 is 8.42 Å². The largest absolute Gasteiger partial charge is 0.334 e. The monoisotopic (exact) mass is 285 g/mol. The Balaban J connectivity index is 2.12. The van der Waals surface area contributed by atoms with Crippen LogP contribution < -0.4 is 4.72 Å². The lowest BCUT2D eigenvalue weighted by molar-refractivity contribution is 0.575. The summed E-state index contributed by atoms with van der Waals surface area (Å²) < 4.78 is 28.2. The third-order valence-electron chi connectivity index (χ3n) is 2.50. The lowest BCUT2D eigenvalue weighted by Crippen LogP contribution is -2.24. The zero-order chi connectivity index (χ0) is 13.9. The van der Waals surface area contributed by atoms with E-state index < -0.39 is 10.0 Å². The van der Waals surface area contributed by atoms with Gasteiger partial charge in [0.25, 0.3) is 10.0 Å². The fourth-order valence-electron chi connectivity index (χ4n) is 1.57. The van der Waals surface area contributed by atoms with Crippen LogP contribution in [-0.4, -0.2) is 38.6 Å². The van der Waals surface area contributed by atoms with Crippen molar-refractivity contribution in [1.82, 2.24) is 34.9 Å². The van der Waals surface area contributed by atoms with Crippen LogP contribution in [0.1, 0.15) is 25.0 Å². The zero-order valence-electron chi connectivity index (χ0n) is 10.7. The summed E-state index contributed by atoms with van der Waals surface area (Å²) in [5.41, 5.74) is 0. The Morgan fingerprint density at radius 3 is 2.89 bits per heavy atom. The van der Waals surface area contributed by atoms with Crippen molar-refractivity contribution in [3.63, 3.8) is 0 Å². The number of rotatable bonds is 6. The standard InChI is InChI=1S/C9H15N7O2S/c1-3-4-16-6-9(11-7(16)2)19(17,18)10-5-8-12-14-15-13-8/h6,10H,3-5H2,1-2H3,(H,12,13,14,15). The van der Waals surface area contributed by atoms with Gasteiger partial charge in [0.1, 0.15) is 5.82 Å². The molecular formula is C9H15N7O2S. The maximum Gasteiger partial charge on any atom is 0.260 e. The Kier molecular flexibility index (Phi) is 3.90. The number of aryl methyl sites for hydroxylation is 2. The number of hydrogen-bond donors (Lipinski definition) is 2. The van der Waals surface area contributed by atoms with Crippen molar-refractivity contribution in [2.24, 2.45) is 0 Å². The van der Waals surface area contributed by atoms with Gasteiger partial charge < -0.3 is 4.57 Å². The molecule has 9 nitrogen and oxygen atoms in total. The number of aromatic amines is 1. The average Bonchev–Trinajstić information content (AvgIpc) is 2.98. The topological polar surface area (TPSA) is 118 Å². The number of hydrogen-bond acceptors (Lipinski definition) is 6. The molecule has 0 unspecified atom stereocenters. The summed E-state index contributed by atoms with van der Waals surface area (Å²) in [5, 5.41) is 12.9. The van der Waals surface area contributed by atoms with E-state index in [1.165, 1.54) is 6.20 Å². The second-order valence-electron chi connectivity index (χ2n) is 3.97. The molecule has 0 saturated heterocycles. The quantitative estimate of drug-likeness (QED) is 0.745. The Hall–Kier alpha value is -1.81. The zero-order valence-corrected chi connectivity index (χ0v) is 11.5. The van der Waals surface area contributed by atoms with Crippen LogP contribution in [0.15, 0.2) is 11.2 Å². The van der Waals surface area contributed by atoms with E-state index in [1.807, 2.05) is 11.5 Å². The van der Waals surface area contributed by atoms with Gasteiger partial charge in [-0.2, -0.15) is 5.21 Å². The Morgan fingerprint density at radius 2 is 2.26 bits per heavy atom. The minimum Gasteiger partial charge on any atom is -0.334 e. The number of imidazole rings is 1. The Bertz CT molecular complexity index is 632. The summed E-state index contributed by atoms with van der Waals surface area (Å²) in [7, 11) is -3.66. The van der Waals surface area contributed by atoms with Crippen LogP contribution in [0.25, 0.3) is 0 Å². The second-order valence-corrected chi connectivity index (χ2v) is 5.69. The number of sulfonamides is 1. The van der Waals surface area contributed by atoms with Crippen LogP contribution in [0.5, 0.6) is 0 Å². The first kappa shape index (κ1) is 13.6. The van der Waals surface area contributed by atoms with Gasteiger partial charge in [0.15, 0.2) is 10.9 Å². The molecule has 2 aromatic rings. The molecular weight excluding hydrogens is 270 g/mol. The summed E-state index contributed by atoms with van der Waals surface area (Å²) in [6.07, 6.45) is 2.43. The highest BCUT2D eigenvalue weighted by molar-refractivity contribution is 7.89. The number of aromatic nitrogens is 6. The number of H-pyrrole nitrogens is 1. The van der Waals surface area contributed by atoms with E-state index in [-0.39, 0.29) is 17.4 Å². The van der Waals surface area contributed by atoms with Crippen LogP contribution in [-0.2, 0) is 23.1 Å². The molecule has 0 radical (unpaired) electrons. The molecule has 10 heteroatoms. The smallest absolute Gasteiger partial charge is 0.260 e. The molecule has 104 valence electrons. The van der Waals surface area contributed by atoms with Crippen molar-refractivity contribution in [2.45, 2.75) is 38.4 Å².